The van der Waals surface area contributed by atoms with Crippen molar-refractivity contribution in [3.63, 3.8) is 0 Å². The number of hydrogen-bond donors (Lipinski definition) is 1. The van der Waals surface area contributed by atoms with Gasteiger partial charge in [-0.05, 0) is 47.9 Å². The zero-order valence-electron chi connectivity index (χ0n) is 15.5. The molecule has 0 spiro atoms. The molecule has 3 aromatic rings. The molecule has 2 aromatic carbocycles. The van der Waals surface area contributed by atoms with E-state index in [0.29, 0.717) is 5.56 Å². The fourth-order valence-electron chi connectivity index (χ4n) is 2.77. The van der Waals surface area contributed by atoms with Crippen molar-refractivity contribution < 1.29 is 28.3 Å². The molecular weight excluding hydrogens is 398 g/mol. The monoisotopic (exact) mass is 412 g/mol. The van der Waals surface area contributed by atoms with Crippen LogP contribution in [0.25, 0.3) is 5.57 Å². The summed E-state index contributed by atoms with van der Waals surface area (Å²) in [7, 11) is 0. The number of aryl methyl sites for hydroxylation is 1. The van der Waals surface area contributed by atoms with Crippen molar-refractivity contribution in [1.29, 1.82) is 0 Å². The standard InChI is InChI=1S/C21H14F2N2O5/c1-12-8-17(25(28)29)20(24-11-12)30-19(21(26)27)18(13-4-2-6-15(22)9-13)14-5-3-7-16(23)10-14/h2-11H,1H3,(H,26,27). The highest BCUT2D eigenvalue weighted by Gasteiger charge is 2.26. The number of nitro groups is 1. The number of carboxylic acids is 1. The fraction of sp³-hybridized carbons (Fsp3) is 0.0476. The third-order valence-electron chi connectivity index (χ3n) is 4.01. The third kappa shape index (κ3) is 4.46. The van der Waals surface area contributed by atoms with Gasteiger partial charge >= 0.3 is 11.7 Å². The predicted octanol–water partition coefficient (Wildman–Crippen LogP) is 4.50. The van der Waals surface area contributed by atoms with E-state index < -0.39 is 39.9 Å². The second-order valence-electron chi connectivity index (χ2n) is 6.23. The molecule has 0 aliphatic carbocycles. The smallest absolute Gasteiger partial charge is 0.372 e. The van der Waals surface area contributed by atoms with Gasteiger partial charge in [-0.15, -0.1) is 0 Å². The molecule has 0 aliphatic heterocycles. The summed E-state index contributed by atoms with van der Waals surface area (Å²) >= 11 is 0. The zero-order chi connectivity index (χ0) is 21.8. The lowest BCUT2D eigenvalue weighted by atomic mass is 9.96. The lowest BCUT2D eigenvalue weighted by Gasteiger charge is -2.14. The normalized spacial score (nSPS) is 10.4. The van der Waals surface area contributed by atoms with E-state index in [9.17, 15) is 28.8 Å². The molecule has 0 unspecified atom stereocenters. The summed E-state index contributed by atoms with van der Waals surface area (Å²) < 4.78 is 33.0. The van der Waals surface area contributed by atoms with Gasteiger partial charge in [0.2, 0.25) is 5.76 Å². The second kappa shape index (κ2) is 8.48. The van der Waals surface area contributed by atoms with E-state index in [2.05, 4.69) is 4.98 Å². The Balaban J connectivity index is 2.29. The lowest BCUT2D eigenvalue weighted by molar-refractivity contribution is -0.386. The SMILES string of the molecule is Cc1cnc(OC(C(=O)O)=C(c2cccc(F)c2)c2cccc(F)c2)c([N+](=O)[O-])c1. The van der Waals surface area contributed by atoms with Gasteiger partial charge in [-0.2, -0.15) is 0 Å². The van der Waals surface area contributed by atoms with Crippen LogP contribution in [0.15, 0.2) is 66.6 Å². The van der Waals surface area contributed by atoms with Gasteiger partial charge in [0, 0.05) is 17.8 Å². The molecule has 1 aromatic heterocycles. The molecule has 3 rings (SSSR count). The van der Waals surface area contributed by atoms with Crippen molar-refractivity contribution >= 4 is 17.2 Å². The molecule has 0 saturated heterocycles. The van der Waals surface area contributed by atoms with Crippen molar-refractivity contribution in [2.75, 3.05) is 0 Å². The number of carboxylic acid groups (broad SMARTS) is 1. The van der Waals surface area contributed by atoms with Crippen LogP contribution >= 0.6 is 0 Å². The predicted molar refractivity (Wildman–Crippen MR) is 103 cm³/mol. The number of carbonyl (C=O) groups is 1. The number of nitrogens with zero attached hydrogens (tertiary/aromatic N) is 2. The Morgan fingerprint density at radius 1 is 1.07 bits per heavy atom. The summed E-state index contributed by atoms with van der Waals surface area (Å²) in [5.74, 6) is -4.26. The summed E-state index contributed by atoms with van der Waals surface area (Å²) in [6.45, 7) is 1.57. The summed E-state index contributed by atoms with van der Waals surface area (Å²) in [4.78, 5) is 26.4. The Labute approximate surface area is 169 Å². The van der Waals surface area contributed by atoms with Gasteiger partial charge in [0.25, 0.3) is 5.88 Å². The number of ether oxygens (including phenoxy) is 1. The molecule has 0 radical (unpaired) electrons. The van der Waals surface area contributed by atoms with Crippen LogP contribution in [0, 0.1) is 28.7 Å². The average molecular weight is 412 g/mol. The van der Waals surface area contributed by atoms with Crippen LogP contribution < -0.4 is 4.74 Å². The summed E-state index contributed by atoms with van der Waals surface area (Å²) in [6, 6.07) is 11.1. The van der Waals surface area contributed by atoms with Crippen LogP contribution in [-0.2, 0) is 4.79 Å². The highest BCUT2D eigenvalue weighted by Crippen LogP contribution is 2.32. The second-order valence-corrected chi connectivity index (χ2v) is 6.23. The molecule has 1 heterocycles. The molecule has 0 atom stereocenters. The molecule has 7 nitrogen and oxygen atoms in total. The van der Waals surface area contributed by atoms with E-state index in [1.54, 1.807) is 6.92 Å². The van der Waals surface area contributed by atoms with Crippen LogP contribution in [0.5, 0.6) is 5.88 Å². The van der Waals surface area contributed by atoms with E-state index in [1.165, 1.54) is 36.5 Å². The first kappa shape index (κ1) is 20.6. The first-order chi connectivity index (χ1) is 14.3. The number of rotatable bonds is 6. The molecule has 0 amide bonds. The highest BCUT2D eigenvalue weighted by atomic mass is 19.1. The number of hydrogen-bond acceptors (Lipinski definition) is 5. The minimum Gasteiger partial charge on any atom is -0.475 e. The van der Waals surface area contributed by atoms with Crippen molar-refractivity contribution in [3.8, 4) is 5.88 Å². The van der Waals surface area contributed by atoms with Crippen molar-refractivity contribution in [2.45, 2.75) is 6.92 Å². The third-order valence-corrected chi connectivity index (χ3v) is 4.01. The first-order valence-electron chi connectivity index (χ1n) is 8.54. The maximum Gasteiger partial charge on any atom is 0.372 e. The minimum absolute atomic E-state index is 0.0766. The number of aromatic nitrogens is 1. The van der Waals surface area contributed by atoms with Crippen molar-refractivity contribution in [1.82, 2.24) is 4.98 Å². The summed E-state index contributed by atoms with van der Waals surface area (Å²) in [5, 5.41) is 21.1. The molecule has 152 valence electrons. The Morgan fingerprint density at radius 3 is 2.10 bits per heavy atom. The molecule has 30 heavy (non-hydrogen) atoms. The van der Waals surface area contributed by atoms with Crippen molar-refractivity contribution in [2.24, 2.45) is 0 Å². The number of pyridine rings is 1. The number of aliphatic carboxylic acids is 1. The molecule has 9 heteroatoms. The topological polar surface area (TPSA) is 103 Å². The minimum atomic E-state index is -1.60. The van der Waals surface area contributed by atoms with E-state index in [0.717, 1.165) is 24.3 Å². The molecule has 0 aliphatic rings. The highest BCUT2D eigenvalue weighted by molar-refractivity contribution is 5.99. The van der Waals surface area contributed by atoms with Crippen LogP contribution in [0.4, 0.5) is 14.5 Å². The average Bonchev–Trinajstić information content (AvgIpc) is 2.68. The Bertz CT molecular complexity index is 1130. The first-order valence-corrected chi connectivity index (χ1v) is 8.54. The maximum atomic E-state index is 13.8. The van der Waals surface area contributed by atoms with E-state index >= 15 is 0 Å². The van der Waals surface area contributed by atoms with Gasteiger partial charge in [0.05, 0.1) is 4.92 Å². The lowest BCUT2D eigenvalue weighted by Crippen LogP contribution is -2.13. The van der Waals surface area contributed by atoms with Gasteiger partial charge in [-0.25, -0.2) is 18.6 Å². The Hall–Kier alpha value is -4.14. The van der Waals surface area contributed by atoms with Crippen LogP contribution in [0.3, 0.4) is 0 Å². The molecular formula is C21H14F2N2O5. The summed E-state index contributed by atoms with van der Waals surface area (Å²) in [6.07, 6.45) is 1.27. The van der Waals surface area contributed by atoms with Gasteiger partial charge < -0.3 is 9.84 Å². The van der Waals surface area contributed by atoms with E-state index in [4.69, 9.17) is 4.74 Å². The van der Waals surface area contributed by atoms with Gasteiger partial charge in [-0.3, -0.25) is 10.1 Å². The van der Waals surface area contributed by atoms with Crippen LogP contribution in [-0.4, -0.2) is 21.0 Å². The quantitative estimate of drug-likeness (QED) is 0.277. The maximum absolute atomic E-state index is 13.8. The molecule has 1 N–H and O–H groups in total. The van der Waals surface area contributed by atoms with E-state index in [-0.39, 0.29) is 16.7 Å². The van der Waals surface area contributed by atoms with Gasteiger partial charge in [0.15, 0.2) is 0 Å². The Kier molecular flexibility index (Phi) is 5.82. The molecule has 0 bridgehead atoms. The van der Waals surface area contributed by atoms with E-state index in [1.807, 2.05) is 0 Å². The number of halogens is 2. The largest absolute Gasteiger partial charge is 0.475 e. The van der Waals surface area contributed by atoms with Crippen LogP contribution in [0.1, 0.15) is 16.7 Å². The molecule has 0 saturated carbocycles. The van der Waals surface area contributed by atoms with Crippen LogP contribution in [0.2, 0.25) is 0 Å². The van der Waals surface area contributed by atoms with Crippen molar-refractivity contribution in [3.05, 3.63) is 105 Å². The van der Waals surface area contributed by atoms with Gasteiger partial charge in [0.1, 0.15) is 11.6 Å². The number of benzene rings is 2. The zero-order valence-corrected chi connectivity index (χ0v) is 15.5. The van der Waals surface area contributed by atoms with Gasteiger partial charge in [-0.1, -0.05) is 24.3 Å². The summed E-state index contributed by atoms with van der Waals surface area (Å²) in [5.41, 5.74) is -0.101. The Morgan fingerprint density at radius 2 is 1.63 bits per heavy atom. The molecule has 0 fully saturated rings. The fourth-order valence-corrected chi connectivity index (χ4v) is 2.77.